The van der Waals surface area contributed by atoms with Gasteiger partial charge in [0.25, 0.3) is 0 Å². The first-order chi connectivity index (χ1) is 5.24. The van der Waals surface area contributed by atoms with E-state index in [-0.39, 0.29) is 11.9 Å². The van der Waals surface area contributed by atoms with E-state index in [0.717, 1.165) is 11.3 Å². The zero-order chi connectivity index (χ0) is 8.27. The summed E-state index contributed by atoms with van der Waals surface area (Å²) < 4.78 is 0. The van der Waals surface area contributed by atoms with E-state index in [1.54, 1.807) is 6.20 Å². The Balaban J connectivity index is 2.90. The minimum absolute atomic E-state index is 0.117. The minimum atomic E-state index is 0.117. The number of hydrogen-bond donors (Lipinski definition) is 1. The Kier molecular flexibility index (Phi) is 2.79. The van der Waals surface area contributed by atoms with Crippen molar-refractivity contribution in [1.29, 1.82) is 0 Å². The maximum Gasteiger partial charge on any atom is 0.222 e. The van der Waals surface area contributed by atoms with Gasteiger partial charge < -0.3 is 5.11 Å². The maximum atomic E-state index is 8.62. The summed E-state index contributed by atoms with van der Waals surface area (Å²) in [4.78, 5) is 7.74. The van der Waals surface area contributed by atoms with Crippen LogP contribution in [0.2, 0.25) is 5.28 Å². The lowest BCUT2D eigenvalue weighted by molar-refractivity contribution is 0.299. The summed E-state index contributed by atoms with van der Waals surface area (Å²) in [6.07, 6.45) is 2.23. The zero-order valence-electron chi connectivity index (χ0n) is 6.21. The molecule has 0 atom stereocenters. The highest BCUT2D eigenvalue weighted by Crippen LogP contribution is 2.07. The van der Waals surface area contributed by atoms with Crippen LogP contribution in [0.4, 0.5) is 0 Å². The molecule has 11 heavy (non-hydrogen) atoms. The molecule has 0 amide bonds. The summed E-state index contributed by atoms with van der Waals surface area (Å²) in [6, 6.07) is 0. The third-order valence-electron chi connectivity index (χ3n) is 1.43. The van der Waals surface area contributed by atoms with Gasteiger partial charge in [0.05, 0.1) is 0 Å². The topological polar surface area (TPSA) is 46.0 Å². The molecular formula is C7H9ClN2O. The van der Waals surface area contributed by atoms with Gasteiger partial charge in [-0.15, -0.1) is 0 Å². The number of aliphatic hydroxyl groups excluding tert-OH is 1. The molecule has 0 spiro atoms. The lowest BCUT2D eigenvalue weighted by Gasteiger charge is -2.00. The number of rotatable bonds is 2. The molecule has 4 heteroatoms. The van der Waals surface area contributed by atoms with Gasteiger partial charge in [-0.25, -0.2) is 9.97 Å². The Bertz CT molecular complexity index is 252. The molecule has 0 aromatic carbocycles. The molecule has 0 fully saturated rings. The van der Waals surface area contributed by atoms with E-state index in [2.05, 4.69) is 9.97 Å². The van der Waals surface area contributed by atoms with Crippen LogP contribution >= 0.6 is 11.6 Å². The molecule has 1 aromatic heterocycles. The molecule has 1 aromatic rings. The van der Waals surface area contributed by atoms with Gasteiger partial charge in [-0.3, -0.25) is 0 Å². The molecule has 1 N–H and O–H groups in total. The van der Waals surface area contributed by atoms with Crippen LogP contribution in [-0.2, 0) is 6.42 Å². The lowest BCUT2D eigenvalue weighted by atomic mass is 10.2. The average molecular weight is 173 g/mol. The van der Waals surface area contributed by atoms with Crippen LogP contribution in [0.1, 0.15) is 11.3 Å². The molecule has 0 bridgehead atoms. The maximum absolute atomic E-state index is 8.62. The van der Waals surface area contributed by atoms with E-state index >= 15 is 0 Å². The number of aliphatic hydroxyl groups is 1. The molecular weight excluding hydrogens is 164 g/mol. The second-order valence-corrected chi connectivity index (χ2v) is 2.56. The number of halogens is 1. The fraction of sp³-hybridized carbons (Fsp3) is 0.429. The number of aromatic nitrogens is 2. The van der Waals surface area contributed by atoms with Gasteiger partial charge in [0.2, 0.25) is 5.28 Å². The van der Waals surface area contributed by atoms with Crippen molar-refractivity contribution < 1.29 is 5.11 Å². The van der Waals surface area contributed by atoms with Crippen molar-refractivity contribution in [3.63, 3.8) is 0 Å². The Morgan fingerprint density at radius 3 is 2.91 bits per heavy atom. The first kappa shape index (κ1) is 8.43. The summed E-state index contributed by atoms with van der Waals surface area (Å²) in [5, 5.41) is 8.88. The Hall–Kier alpha value is -0.670. The second-order valence-electron chi connectivity index (χ2n) is 2.22. The van der Waals surface area contributed by atoms with Gasteiger partial charge in [0, 0.05) is 18.5 Å². The van der Waals surface area contributed by atoms with Crippen molar-refractivity contribution in [2.24, 2.45) is 0 Å². The van der Waals surface area contributed by atoms with Crippen LogP contribution in [0, 0.1) is 6.92 Å². The highest BCUT2D eigenvalue weighted by Gasteiger charge is 1.99. The molecule has 0 unspecified atom stereocenters. The highest BCUT2D eigenvalue weighted by molar-refractivity contribution is 6.28. The van der Waals surface area contributed by atoms with Gasteiger partial charge >= 0.3 is 0 Å². The minimum Gasteiger partial charge on any atom is -0.396 e. The van der Waals surface area contributed by atoms with Gasteiger partial charge in [0.15, 0.2) is 0 Å². The van der Waals surface area contributed by atoms with Crippen LogP contribution in [0.3, 0.4) is 0 Å². The summed E-state index contributed by atoms with van der Waals surface area (Å²) in [5.74, 6) is 0. The number of hydrogen-bond acceptors (Lipinski definition) is 3. The van der Waals surface area contributed by atoms with Crippen molar-refractivity contribution in [3.05, 3.63) is 22.7 Å². The summed E-state index contributed by atoms with van der Waals surface area (Å²) >= 11 is 5.53. The first-order valence-electron chi connectivity index (χ1n) is 3.33. The normalized spacial score (nSPS) is 10.1. The number of nitrogens with zero attached hydrogens (tertiary/aromatic N) is 2. The van der Waals surface area contributed by atoms with Crippen LogP contribution < -0.4 is 0 Å². The van der Waals surface area contributed by atoms with Crippen LogP contribution in [0.15, 0.2) is 6.20 Å². The SMILES string of the molecule is Cc1nc(Cl)ncc1CCO. The van der Waals surface area contributed by atoms with Gasteiger partial charge in [-0.2, -0.15) is 0 Å². The Labute approximate surface area is 70.1 Å². The molecule has 0 radical (unpaired) electrons. The van der Waals surface area contributed by atoms with E-state index in [1.807, 2.05) is 6.92 Å². The molecule has 0 saturated heterocycles. The van der Waals surface area contributed by atoms with E-state index < -0.39 is 0 Å². The smallest absolute Gasteiger partial charge is 0.222 e. The summed E-state index contributed by atoms with van der Waals surface area (Å²) in [7, 11) is 0. The quantitative estimate of drug-likeness (QED) is 0.677. The third kappa shape index (κ3) is 2.13. The molecule has 0 aliphatic rings. The summed E-state index contributed by atoms with van der Waals surface area (Å²) in [6.45, 7) is 1.96. The molecule has 60 valence electrons. The molecule has 1 heterocycles. The predicted octanol–water partition coefficient (Wildman–Crippen LogP) is 0.973. The Morgan fingerprint density at radius 1 is 1.64 bits per heavy atom. The fourth-order valence-electron chi connectivity index (χ4n) is 0.830. The predicted molar refractivity (Wildman–Crippen MR) is 42.6 cm³/mol. The van der Waals surface area contributed by atoms with Gasteiger partial charge in [-0.1, -0.05) is 0 Å². The second kappa shape index (κ2) is 3.64. The van der Waals surface area contributed by atoms with Crippen LogP contribution in [0.5, 0.6) is 0 Å². The van der Waals surface area contributed by atoms with Crippen molar-refractivity contribution in [2.75, 3.05) is 6.61 Å². The van der Waals surface area contributed by atoms with Crippen molar-refractivity contribution >= 4 is 11.6 Å². The van der Waals surface area contributed by atoms with Crippen LogP contribution in [0.25, 0.3) is 0 Å². The zero-order valence-corrected chi connectivity index (χ0v) is 6.97. The highest BCUT2D eigenvalue weighted by atomic mass is 35.5. The molecule has 3 nitrogen and oxygen atoms in total. The fourth-order valence-corrected chi connectivity index (χ4v) is 1.01. The van der Waals surface area contributed by atoms with E-state index in [9.17, 15) is 0 Å². The van der Waals surface area contributed by atoms with Gasteiger partial charge in [0.1, 0.15) is 0 Å². The average Bonchev–Trinajstić information content (AvgIpc) is 1.95. The molecule has 1 rings (SSSR count). The van der Waals surface area contributed by atoms with E-state index in [1.165, 1.54) is 0 Å². The van der Waals surface area contributed by atoms with Crippen LogP contribution in [-0.4, -0.2) is 21.7 Å². The number of aryl methyl sites for hydroxylation is 1. The van der Waals surface area contributed by atoms with Crippen molar-refractivity contribution in [2.45, 2.75) is 13.3 Å². The monoisotopic (exact) mass is 172 g/mol. The first-order valence-corrected chi connectivity index (χ1v) is 3.70. The Morgan fingerprint density at radius 2 is 2.36 bits per heavy atom. The van der Waals surface area contributed by atoms with Crippen molar-refractivity contribution in [3.8, 4) is 0 Å². The van der Waals surface area contributed by atoms with E-state index in [0.29, 0.717) is 6.42 Å². The standard InChI is InChI=1S/C7H9ClN2O/c1-5-6(2-3-11)4-9-7(8)10-5/h4,11H,2-3H2,1H3. The third-order valence-corrected chi connectivity index (χ3v) is 1.61. The van der Waals surface area contributed by atoms with E-state index in [4.69, 9.17) is 16.7 Å². The lowest BCUT2D eigenvalue weighted by Crippen LogP contribution is -1.98. The van der Waals surface area contributed by atoms with Crippen molar-refractivity contribution in [1.82, 2.24) is 9.97 Å². The largest absolute Gasteiger partial charge is 0.396 e. The molecule has 0 saturated carbocycles. The summed E-state index contributed by atoms with van der Waals surface area (Å²) in [5.41, 5.74) is 1.77. The molecule has 0 aliphatic heterocycles. The van der Waals surface area contributed by atoms with Gasteiger partial charge in [-0.05, 0) is 30.5 Å². The molecule has 0 aliphatic carbocycles.